The second kappa shape index (κ2) is 19.5. The minimum absolute atomic E-state index is 0.0226. The number of para-hydroxylation sites is 1. The van der Waals surface area contributed by atoms with Gasteiger partial charge in [0, 0.05) is 43.7 Å². The van der Waals surface area contributed by atoms with Crippen LogP contribution in [0.2, 0.25) is 0 Å². The zero-order chi connectivity index (χ0) is 43.1. The quantitative estimate of drug-likeness (QED) is 0.0604. The summed E-state index contributed by atoms with van der Waals surface area (Å²) in [7, 11) is -2.81. The number of fused-ring (bicyclic) bond motifs is 2. The van der Waals surface area contributed by atoms with Crippen molar-refractivity contribution in [1.82, 2.24) is 30.5 Å². The Kier molecular flexibility index (Phi) is 14.2. The summed E-state index contributed by atoms with van der Waals surface area (Å²) in [5, 5.41) is 9.63. The minimum atomic E-state index is -4.45. The number of amides is 3. The molecule has 3 saturated heterocycles. The average molecular weight is 877 g/mol. The van der Waals surface area contributed by atoms with Gasteiger partial charge in [-0.25, -0.2) is 9.48 Å². The number of benzene rings is 2. The lowest BCUT2D eigenvalue weighted by molar-refractivity contribution is -0.152. The fraction of sp³-hybridized carbons (Fsp3) is 0.477. The third-order valence-electron chi connectivity index (χ3n) is 11.6. The Morgan fingerprint density at radius 2 is 1.77 bits per heavy atom. The molecule has 0 saturated carbocycles. The molecule has 0 aliphatic carbocycles. The topological polar surface area (TPSA) is 168 Å². The van der Waals surface area contributed by atoms with Crippen molar-refractivity contribution in [2.45, 2.75) is 94.4 Å². The summed E-state index contributed by atoms with van der Waals surface area (Å²) in [5.41, 5.74) is 0.348. The molecule has 3 N–H and O–H groups in total. The molecular formula is C44H54FN6O8PS. The molecule has 3 fully saturated rings. The highest BCUT2D eigenvalue weighted by molar-refractivity contribution is 7.57. The summed E-state index contributed by atoms with van der Waals surface area (Å²) >= 11 is 1.19. The molecule has 2 aromatic carbocycles. The summed E-state index contributed by atoms with van der Waals surface area (Å²) in [6, 6.07) is 17.4. The summed E-state index contributed by atoms with van der Waals surface area (Å²) in [6.07, 6.45) is 6.41. The minimum Gasteiger partial charge on any atom is -0.465 e. The Bertz CT molecular complexity index is 2230. The fourth-order valence-corrected chi connectivity index (χ4v) is 11.3. The van der Waals surface area contributed by atoms with Crippen molar-refractivity contribution in [3.05, 3.63) is 95.1 Å². The summed E-state index contributed by atoms with van der Waals surface area (Å²) in [4.78, 5) is 63.5. The number of pyridine rings is 1. The molecular weight excluding hydrogens is 823 g/mol. The van der Waals surface area contributed by atoms with Crippen LogP contribution in [0.15, 0.2) is 79.0 Å². The third-order valence-corrected chi connectivity index (χ3v) is 14.8. The number of nitrogens with one attached hydrogen (secondary N) is 3. The fourth-order valence-electron chi connectivity index (χ4n) is 8.46. The molecule has 326 valence electrons. The molecule has 2 aromatic heterocycles. The lowest BCUT2D eigenvalue weighted by Gasteiger charge is -2.51. The SMILES string of the molecule is CCCOC(=O)[C@H](C)NP(=O)(Oc1ccccc1)C(F)c1ccc2sc(C(=O)N[C@H]3CCCC[C@H]4CC[C@@H](C(=O)N5CC(NCCOC)(c6ccccn6)C5)N4C3=O)cc2c1. The first-order chi connectivity index (χ1) is 29.4. The first kappa shape index (κ1) is 44.3. The van der Waals surface area contributed by atoms with E-state index < -0.39 is 49.0 Å². The number of hydrogen-bond acceptors (Lipinski definition) is 11. The number of ether oxygens (including phenoxy) is 2. The van der Waals surface area contributed by atoms with Crippen LogP contribution in [0.4, 0.5) is 4.39 Å². The Hall–Kier alpha value is -4.73. The van der Waals surface area contributed by atoms with E-state index in [4.69, 9.17) is 14.0 Å². The van der Waals surface area contributed by atoms with Crippen molar-refractivity contribution >= 4 is 52.6 Å². The van der Waals surface area contributed by atoms with E-state index in [2.05, 4.69) is 20.7 Å². The molecule has 0 bridgehead atoms. The van der Waals surface area contributed by atoms with E-state index in [1.807, 2.05) is 25.1 Å². The monoisotopic (exact) mass is 876 g/mol. The van der Waals surface area contributed by atoms with Crippen LogP contribution in [-0.4, -0.2) is 103 Å². The first-order valence-corrected chi connectivity index (χ1v) is 23.5. The number of esters is 1. The number of alkyl halides is 1. The van der Waals surface area contributed by atoms with Gasteiger partial charge in [-0.05, 0) is 92.4 Å². The van der Waals surface area contributed by atoms with E-state index in [9.17, 15) is 23.7 Å². The summed E-state index contributed by atoms with van der Waals surface area (Å²) < 4.78 is 47.8. The van der Waals surface area contributed by atoms with Gasteiger partial charge in [-0.2, -0.15) is 0 Å². The second-order valence-electron chi connectivity index (χ2n) is 16.0. The maximum Gasteiger partial charge on any atom is 0.355 e. The average Bonchev–Trinajstić information content (AvgIpc) is 3.88. The third kappa shape index (κ3) is 9.84. The molecule has 6 atom stereocenters. The van der Waals surface area contributed by atoms with Gasteiger partial charge in [0.05, 0.1) is 29.3 Å². The Labute approximate surface area is 359 Å². The van der Waals surface area contributed by atoms with Crippen LogP contribution in [0.1, 0.15) is 85.6 Å². The number of thiophene rings is 1. The number of methoxy groups -OCH3 is 1. The Morgan fingerprint density at radius 1 is 1.00 bits per heavy atom. The van der Waals surface area contributed by atoms with E-state index in [0.29, 0.717) is 66.9 Å². The maximum atomic E-state index is 16.6. The highest BCUT2D eigenvalue weighted by Crippen LogP contribution is 2.58. The maximum absolute atomic E-state index is 16.6. The van der Waals surface area contributed by atoms with Gasteiger partial charge in [0.1, 0.15) is 23.9 Å². The second-order valence-corrected chi connectivity index (χ2v) is 19.1. The van der Waals surface area contributed by atoms with Crippen LogP contribution >= 0.6 is 18.9 Å². The number of carbonyl (C=O) groups is 4. The van der Waals surface area contributed by atoms with E-state index in [0.717, 1.165) is 25.0 Å². The van der Waals surface area contributed by atoms with E-state index in [1.165, 1.54) is 30.4 Å². The van der Waals surface area contributed by atoms with Gasteiger partial charge in [0.25, 0.3) is 5.91 Å². The Morgan fingerprint density at radius 3 is 2.51 bits per heavy atom. The number of nitrogens with zero attached hydrogens (tertiary/aromatic N) is 3. The molecule has 0 radical (unpaired) electrons. The molecule has 3 aliphatic rings. The van der Waals surface area contributed by atoms with Crippen LogP contribution in [0.5, 0.6) is 5.75 Å². The van der Waals surface area contributed by atoms with E-state index >= 15 is 4.39 Å². The number of aromatic nitrogens is 1. The van der Waals surface area contributed by atoms with Crippen molar-refractivity contribution in [3.8, 4) is 5.75 Å². The predicted molar refractivity (Wildman–Crippen MR) is 230 cm³/mol. The molecule has 61 heavy (non-hydrogen) atoms. The van der Waals surface area contributed by atoms with Crippen molar-refractivity contribution < 1.29 is 42.1 Å². The number of hydrogen-bond donors (Lipinski definition) is 3. The van der Waals surface area contributed by atoms with Crippen molar-refractivity contribution in [3.63, 3.8) is 0 Å². The number of rotatable bonds is 17. The molecule has 2 unspecified atom stereocenters. The highest BCUT2D eigenvalue weighted by atomic mass is 32.1. The molecule has 4 aromatic rings. The van der Waals surface area contributed by atoms with Gasteiger partial charge in [-0.3, -0.25) is 28.7 Å². The normalized spacial score (nSPS) is 21.9. The molecule has 5 heterocycles. The van der Waals surface area contributed by atoms with Crippen LogP contribution in [0.3, 0.4) is 0 Å². The van der Waals surface area contributed by atoms with Gasteiger partial charge in [-0.1, -0.05) is 50.1 Å². The van der Waals surface area contributed by atoms with E-state index in [1.54, 1.807) is 65.6 Å². The number of halogens is 1. The smallest absolute Gasteiger partial charge is 0.355 e. The predicted octanol–water partition coefficient (Wildman–Crippen LogP) is 6.47. The first-order valence-electron chi connectivity index (χ1n) is 21.0. The van der Waals surface area contributed by atoms with Crippen LogP contribution < -0.4 is 20.2 Å². The molecule has 3 amide bonds. The summed E-state index contributed by atoms with van der Waals surface area (Å²) in [6.45, 7) is 5.35. The molecule has 17 heteroatoms. The van der Waals surface area contributed by atoms with Gasteiger partial charge in [-0.15, -0.1) is 11.3 Å². The molecule has 3 aliphatic heterocycles. The van der Waals surface area contributed by atoms with Crippen LogP contribution in [0.25, 0.3) is 10.1 Å². The van der Waals surface area contributed by atoms with Crippen molar-refractivity contribution in [1.29, 1.82) is 0 Å². The van der Waals surface area contributed by atoms with Gasteiger partial charge < -0.3 is 34.4 Å². The standard InChI is InChI=1S/C44H54FN6O8PS/c1-4-23-58-43(55)29(2)49-60(56,59-33-13-6-5-7-14-33)39(45)30-17-20-36-31(25-30)26-37(61-36)40(52)48-34-15-9-8-12-32-18-19-35(51(32)41(34)53)42(54)50-27-44(28-50,47-22-24-57-3)38-16-10-11-21-46-38/h5-7,10-11,13-14,16-17,20-21,25-26,29,32,34-35,39,47H,4,8-9,12,15,18-19,22-24,27-28H2,1-3H3,(H,48,52)(H,49,56)/t29-,32-,34-,35-,39?,60?/m0/s1. The number of likely N-dealkylation sites (tertiary alicyclic amines) is 1. The highest BCUT2D eigenvalue weighted by Gasteiger charge is 2.52. The van der Waals surface area contributed by atoms with Gasteiger partial charge in [0.2, 0.25) is 17.7 Å². The number of carbonyl (C=O) groups excluding carboxylic acids is 4. The molecule has 0 spiro atoms. The zero-order valence-electron chi connectivity index (χ0n) is 34.7. The lowest BCUT2D eigenvalue weighted by Crippen LogP contribution is -2.70. The molecule has 14 nitrogen and oxygen atoms in total. The molecule has 7 rings (SSSR count). The summed E-state index contributed by atoms with van der Waals surface area (Å²) in [5.74, 6) is -3.55. The van der Waals surface area contributed by atoms with Gasteiger partial charge in [0.15, 0.2) is 0 Å². The lowest BCUT2D eigenvalue weighted by atomic mass is 9.84. The van der Waals surface area contributed by atoms with E-state index in [-0.39, 0.29) is 35.8 Å². The van der Waals surface area contributed by atoms with Gasteiger partial charge >= 0.3 is 13.5 Å². The largest absolute Gasteiger partial charge is 0.465 e. The Balaban J connectivity index is 1.05. The van der Waals surface area contributed by atoms with Crippen LogP contribution in [-0.2, 0) is 34.0 Å². The van der Waals surface area contributed by atoms with Crippen LogP contribution in [0, 0.1) is 0 Å². The van der Waals surface area contributed by atoms with Crippen molar-refractivity contribution in [2.24, 2.45) is 0 Å². The van der Waals surface area contributed by atoms with Crippen molar-refractivity contribution in [2.75, 3.05) is 40.0 Å². The zero-order valence-corrected chi connectivity index (χ0v) is 36.4.